The van der Waals surface area contributed by atoms with Gasteiger partial charge in [-0.05, 0) is 96.3 Å². The fourth-order valence-corrected chi connectivity index (χ4v) is 10.8. The Morgan fingerprint density at radius 2 is 0.625 bits per heavy atom. The molecule has 6 heteroatoms. The van der Waals surface area contributed by atoms with Gasteiger partial charge in [0.15, 0.2) is 0 Å². The number of carbonyl (C=O) groups excluding carboxylic acids is 2. The van der Waals surface area contributed by atoms with E-state index in [1.165, 1.54) is 289 Å². The van der Waals surface area contributed by atoms with Gasteiger partial charge in [-0.1, -0.05) is 325 Å². The second kappa shape index (κ2) is 69.1. The number of nitrogens with one attached hydrogen (secondary N) is 1. The Kier molecular flexibility index (Phi) is 66.9. The van der Waals surface area contributed by atoms with Crippen LogP contribution in [0.15, 0.2) is 60.8 Å². The van der Waals surface area contributed by atoms with Crippen LogP contribution in [0.5, 0.6) is 0 Å². The molecule has 0 rings (SSSR count). The lowest BCUT2D eigenvalue weighted by Crippen LogP contribution is -2.45. The van der Waals surface area contributed by atoms with Gasteiger partial charge in [0, 0.05) is 12.8 Å². The number of carbonyl (C=O) groups is 2. The first-order chi connectivity index (χ1) is 39.5. The summed E-state index contributed by atoms with van der Waals surface area (Å²) < 4.78 is 5.48. The highest BCUT2D eigenvalue weighted by Crippen LogP contribution is 2.18. The molecule has 0 saturated carbocycles. The van der Waals surface area contributed by atoms with Crippen LogP contribution < -0.4 is 5.32 Å². The molecule has 3 N–H and O–H groups in total. The summed E-state index contributed by atoms with van der Waals surface area (Å²) in [5, 5.41) is 23.2. The van der Waals surface area contributed by atoms with Crippen LogP contribution in [0.1, 0.15) is 373 Å². The number of esters is 1. The molecule has 0 aliphatic carbocycles. The second-order valence-electron chi connectivity index (χ2n) is 24.2. The molecule has 0 bridgehead atoms. The zero-order valence-corrected chi connectivity index (χ0v) is 53.6. The summed E-state index contributed by atoms with van der Waals surface area (Å²) in [5.74, 6) is -0.0689. The molecule has 0 aliphatic heterocycles. The van der Waals surface area contributed by atoms with E-state index in [1.54, 1.807) is 6.08 Å². The third-order valence-corrected chi connectivity index (χ3v) is 16.3. The van der Waals surface area contributed by atoms with Gasteiger partial charge in [-0.3, -0.25) is 9.59 Å². The van der Waals surface area contributed by atoms with Crippen molar-refractivity contribution in [2.75, 3.05) is 13.2 Å². The van der Waals surface area contributed by atoms with Crippen LogP contribution in [0, 0.1) is 0 Å². The molecule has 80 heavy (non-hydrogen) atoms. The molecule has 0 aromatic heterocycles. The van der Waals surface area contributed by atoms with Gasteiger partial charge in [0.1, 0.15) is 0 Å². The van der Waals surface area contributed by atoms with Crippen molar-refractivity contribution in [1.82, 2.24) is 5.32 Å². The lowest BCUT2D eigenvalue weighted by Gasteiger charge is -2.20. The van der Waals surface area contributed by atoms with Crippen LogP contribution in [-0.2, 0) is 14.3 Å². The maximum atomic E-state index is 12.5. The van der Waals surface area contributed by atoms with Crippen molar-refractivity contribution in [2.24, 2.45) is 0 Å². The number of aliphatic hydroxyl groups excluding tert-OH is 2. The number of unbranched alkanes of at least 4 members (excludes halogenated alkanes) is 47. The Balaban J connectivity index is 3.44. The molecule has 0 heterocycles. The Bertz CT molecular complexity index is 1380. The fraction of sp³-hybridized carbons (Fsp3) is 0.838. The van der Waals surface area contributed by atoms with E-state index in [0.717, 1.165) is 57.8 Å². The summed E-state index contributed by atoms with van der Waals surface area (Å²) in [4.78, 5) is 24.6. The minimum atomic E-state index is -0.847. The minimum absolute atomic E-state index is 0.00194. The first kappa shape index (κ1) is 77.6. The highest BCUT2D eigenvalue weighted by molar-refractivity contribution is 5.76. The Labute approximate surface area is 499 Å². The maximum Gasteiger partial charge on any atom is 0.305 e. The molecule has 0 fully saturated rings. The predicted molar refractivity (Wildman–Crippen MR) is 352 cm³/mol. The van der Waals surface area contributed by atoms with Crippen molar-refractivity contribution in [3.05, 3.63) is 60.8 Å². The summed E-state index contributed by atoms with van der Waals surface area (Å²) in [6.07, 6.45) is 91.5. The van der Waals surface area contributed by atoms with Gasteiger partial charge in [0.05, 0.1) is 25.4 Å². The fourth-order valence-electron chi connectivity index (χ4n) is 10.8. The highest BCUT2D eigenvalue weighted by Gasteiger charge is 2.18. The monoisotopic (exact) mass is 1120 g/mol. The quantitative estimate of drug-likeness (QED) is 0.0320. The molecular formula is C74H137NO5. The molecule has 1 amide bonds. The number of hydrogen-bond donors (Lipinski definition) is 3. The van der Waals surface area contributed by atoms with E-state index in [0.29, 0.717) is 19.4 Å². The Morgan fingerprint density at radius 3 is 0.963 bits per heavy atom. The molecule has 0 aromatic rings. The summed E-state index contributed by atoms with van der Waals surface area (Å²) in [7, 11) is 0. The maximum absolute atomic E-state index is 12.5. The lowest BCUT2D eigenvalue weighted by atomic mass is 10.0. The van der Waals surface area contributed by atoms with Crippen molar-refractivity contribution in [2.45, 2.75) is 386 Å². The van der Waals surface area contributed by atoms with E-state index < -0.39 is 12.1 Å². The van der Waals surface area contributed by atoms with Crippen molar-refractivity contribution in [1.29, 1.82) is 0 Å². The van der Waals surface area contributed by atoms with Crippen LogP contribution in [0.25, 0.3) is 0 Å². The van der Waals surface area contributed by atoms with Gasteiger partial charge in [-0.25, -0.2) is 0 Å². The van der Waals surface area contributed by atoms with Crippen molar-refractivity contribution in [3.8, 4) is 0 Å². The van der Waals surface area contributed by atoms with Crippen LogP contribution >= 0.6 is 0 Å². The van der Waals surface area contributed by atoms with Gasteiger partial charge in [-0.2, -0.15) is 0 Å². The Hall–Kier alpha value is -2.44. The van der Waals surface area contributed by atoms with Crippen LogP contribution in [0.4, 0.5) is 0 Å². The Morgan fingerprint density at radius 1 is 0.350 bits per heavy atom. The summed E-state index contributed by atoms with van der Waals surface area (Å²) in [6.45, 7) is 4.90. The van der Waals surface area contributed by atoms with Gasteiger partial charge < -0.3 is 20.3 Å². The average Bonchev–Trinajstić information content (AvgIpc) is 3.46. The van der Waals surface area contributed by atoms with E-state index >= 15 is 0 Å². The summed E-state index contributed by atoms with van der Waals surface area (Å²) >= 11 is 0. The zero-order valence-electron chi connectivity index (χ0n) is 53.6. The summed E-state index contributed by atoms with van der Waals surface area (Å²) in [5.41, 5.74) is 0. The van der Waals surface area contributed by atoms with E-state index in [2.05, 4.69) is 67.8 Å². The number of ether oxygens (including phenoxy) is 1. The first-order valence-electron chi connectivity index (χ1n) is 35.6. The number of amides is 1. The second-order valence-corrected chi connectivity index (χ2v) is 24.2. The molecule has 468 valence electrons. The van der Waals surface area contributed by atoms with Gasteiger partial charge in [0.2, 0.25) is 5.91 Å². The van der Waals surface area contributed by atoms with Gasteiger partial charge >= 0.3 is 5.97 Å². The highest BCUT2D eigenvalue weighted by atomic mass is 16.5. The largest absolute Gasteiger partial charge is 0.466 e. The first-order valence-corrected chi connectivity index (χ1v) is 35.6. The lowest BCUT2D eigenvalue weighted by molar-refractivity contribution is -0.143. The topological polar surface area (TPSA) is 95.9 Å². The molecule has 0 aromatic carbocycles. The van der Waals surface area contributed by atoms with Gasteiger partial charge in [0.25, 0.3) is 0 Å². The van der Waals surface area contributed by atoms with Crippen LogP contribution in [-0.4, -0.2) is 47.4 Å². The van der Waals surface area contributed by atoms with E-state index in [1.807, 2.05) is 6.08 Å². The zero-order chi connectivity index (χ0) is 57.8. The number of rotatable bonds is 66. The third kappa shape index (κ3) is 64.7. The smallest absolute Gasteiger partial charge is 0.305 e. The molecule has 0 radical (unpaired) electrons. The van der Waals surface area contributed by atoms with Crippen molar-refractivity contribution < 1.29 is 24.5 Å². The molecule has 0 saturated heterocycles. The van der Waals surface area contributed by atoms with Crippen molar-refractivity contribution >= 4 is 11.9 Å². The van der Waals surface area contributed by atoms with Gasteiger partial charge in [-0.15, -0.1) is 0 Å². The minimum Gasteiger partial charge on any atom is -0.466 e. The molecule has 2 unspecified atom stereocenters. The predicted octanol–water partition coefficient (Wildman–Crippen LogP) is 23.0. The van der Waals surface area contributed by atoms with E-state index in [9.17, 15) is 19.8 Å². The van der Waals surface area contributed by atoms with E-state index in [4.69, 9.17) is 4.74 Å². The third-order valence-electron chi connectivity index (χ3n) is 16.3. The van der Waals surface area contributed by atoms with Crippen LogP contribution in [0.2, 0.25) is 0 Å². The molecule has 2 atom stereocenters. The normalized spacial score (nSPS) is 12.9. The molecule has 0 aliphatic rings. The SMILES string of the molecule is CCCCCC/C=C\C/C=C\CCCCCCCC(=O)OCCCCCCCCCCC/C=C\C/C=C\CCCCCCCCCCCCCCCC(=O)NC(CO)C(O)/C=C/CCCCCCCCCCCCCCCCCC. The van der Waals surface area contributed by atoms with Crippen molar-refractivity contribution in [3.63, 3.8) is 0 Å². The number of aliphatic hydroxyl groups is 2. The summed E-state index contributed by atoms with van der Waals surface area (Å²) in [6, 6.07) is -0.630. The number of hydrogen-bond acceptors (Lipinski definition) is 5. The van der Waals surface area contributed by atoms with Crippen LogP contribution in [0.3, 0.4) is 0 Å². The molecule has 0 spiro atoms. The van der Waals surface area contributed by atoms with E-state index in [-0.39, 0.29) is 18.5 Å². The number of allylic oxidation sites excluding steroid dienone is 9. The average molecular weight is 1120 g/mol. The molecular weight excluding hydrogens is 983 g/mol. The standard InChI is InChI=1S/C74H137NO5/c1-3-5-7-9-11-13-15-17-19-21-35-38-42-46-50-54-58-62-66-72(77)71(70-76)75-73(78)67-63-59-55-51-47-43-39-36-33-31-29-27-25-23-22-24-26-28-30-32-34-37-41-45-49-53-57-61-65-69-80-74(79)68-64-60-56-52-48-44-40-20-18-16-14-12-10-8-6-4-2/h14,16,20,22,24,28,30,40,62,66,71-72,76-77H,3-13,15,17-19,21,23,25-27,29,31-39,41-61,63-65,67-70H2,1-2H3,(H,75,78)/b16-14-,24-22-,30-28-,40-20-,66-62+. The molecule has 6 nitrogen and oxygen atoms in total.